The van der Waals surface area contributed by atoms with Gasteiger partial charge in [-0.05, 0) is 18.1 Å². The molecule has 0 bridgehead atoms. The SMILES string of the molecule is Cc1ccccc1CN1CC2(CC(Oc3cnccn3)CCO2)C1. The second-order valence-electron chi connectivity index (χ2n) is 6.88. The van der Waals surface area contributed by atoms with Crippen molar-refractivity contribution in [2.45, 2.75) is 38.0 Å². The van der Waals surface area contributed by atoms with Crippen molar-refractivity contribution in [1.82, 2.24) is 14.9 Å². The van der Waals surface area contributed by atoms with Gasteiger partial charge in [-0.1, -0.05) is 24.3 Å². The molecular weight excluding hydrogens is 302 g/mol. The molecule has 1 unspecified atom stereocenters. The van der Waals surface area contributed by atoms with Gasteiger partial charge in [0.15, 0.2) is 0 Å². The smallest absolute Gasteiger partial charge is 0.232 e. The molecule has 2 aromatic rings. The molecule has 0 saturated carbocycles. The summed E-state index contributed by atoms with van der Waals surface area (Å²) in [6.45, 7) is 5.87. The average molecular weight is 325 g/mol. The average Bonchev–Trinajstić information content (AvgIpc) is 2.57. The molecule has 2 saturated heterocycles. The topological polar surface area (TPSA) is 47.5 Å². The molecule has 1 spiro atoms. The molecular formula is C19H23N3O2. The Morgan fingerprint density at radius 1 is 1.29 bits per heavy atom. The van der Waals surface area contributed by atoms with Gasteiger partial charge < -0.3 is 9.47 Å². The summed E-state index contributed by atoms with van der Waals surface area (Å²) in [6, 6.07) is 8.59. The van der Waals surface area contributed by atoms with Crippen molar-refractivity contribution in [3.05, 3.63) is 54.0 Å². The minimum Gasteiger partial charge on any atom is -0.473 e. The molecule has 126 valence electrons. The molecule has 0 N–H and O–H groups in total. The molecule has 0 radical (unpaired) electrons. The van der Waals surface area contributed by atoms with Gasteiger partial charge in [0.2, 0.25) is 5.88 Å². The first-order valence-corrected chi connectivity index (χ1v) is 8.56. The zero-order chi connectivity index (χ0) is 16.4. The number of hydrogen-bond acceptors (Lipinski definition) is 5. The second kappa shape index (κ2) is 6.49. The van der Waals surface area contributed by atoms with Gasteiger partial charge >= 0.3 is 0 Å². The number of ether oxygens (including phenoxy) is 2. The fourth-order valence-corrected chi connectivity index (χ4v) is 3.73. The van der Waals surface area contributed by atoms with Crippen molar-refractivity contribution in [3.63, 3.8) is 0 Å². The number of hydrogen-bond donors (Lipinski definition) is 0. The lowest BCUT2D eigenvalue weighted by Crippen LogP contribution is -2.65. The summed E-state index contributed by atoms with van der Waals surface area (Å²) in [5, 5.41) is 0. The van der Waals surface area contributed by atoms with Crippen LogP contribution in [-0.4, -0.2) is 46.3 Å². The van der Waals surface area contributed by atoms with Crippen LogP contribution < -0.4 is 4.74 Å². The summed E-state index contributed by atoms with van der Waals surface area (Å²) in [7, 11) is 0. The predicted octanol–water partition coefficient (Wildman–Crippen LogP) is 2.60. The number of likely N-dealkylation sites (tertiary alicyclic amines) is 1. The Hall–Kier alpha value is -1.98. The molecule has 3 heterocycles. The highest BCUT2D eigenvalue weighted by Gasteiger charge is 2.48. The van der Waals surface area contributed by atoms with Crippen LogP contribution in [0.25, 0.3) is 0 Å². The third-order valence-corrected chi connectivity index (χ3v) is 4.95. The van der Waals surface area contributed by atoms with Crippen LogP contribution >= 0.6 is 0 Å². The lowest BCUT2D eigenvalue weighted by atomic mass is 9.84. The number of nitrogens with zero attached hydrogens (tertiary/aromatic N) is 3. The molecule has 5 nitrogen and oxygen atoms in total. The number of aromatic nitrogens is 2. The summed E-state index contributed by atoms with van der Waals surface area (Å²) in [5.41, 5.74) is 2.70. The molecule has 5 heteroatoms. The van der Waals surface area contributed by atoms with Gasteiger partial charge in [-0.15, -0.1) is 0 Å². The van der Waals surface area contributed by atoms with Gasteiger partial charge in [0.05, 0.1) is 18.4 Å². The van der Waals surface area contributed by atoms with Crippen LogP contribution in [-0.2, 0) is 11.3 Å². The van der Waals surface area contributed by atoms with E-state index < -0.39 is 0 Å². The van der Waals surface area contributed by atoms with Crippen LogP contribution in [0.3, 0.4) is 0 Å². The van der Waals surface area contributed by atoms with Crippen molar-refractivity contribution in [2.75, 3.05) is 19.7 Å². The highest BCUT2D eigenvalue weighted by Crippen LogP contribution is 2.36. The van der Waals surface area contributed by atoms with Crippen LogP contribution in [0, 0.1) is 6.92 Å². The van der Waals surface area contributed by atoms with E-state index in [0.717, 1.165) is 39.1 Å². The molecule has 24 heavy (non-hydrogen) atoms. The molecule has 1 atom stereocenters. The summed E-state index contributed by atoms with van der Waals surface area (Å²) >= 11 is 0. The van der Waals surface area contributed by atoms with E-state index >= 15 is 0 Å². The maximum atomic E-state index is 6.11. The predicted molar refractivity (Wildman–Crippen MR) is 90.8 cm³/mol. The number of benzene rings is 1. The zero-order valence-corrected chi connectivity index (χ0v) is 14.0. The first-order chi connectivity index (χ1) is 11.7. The summed E-state index contributed by atoms with van der Waals surface area (Å²) in [4.78, 5) is 10.7. The molecule has 0 aliphatic carbocycles. The third kappa shape index (κ3) is 3.28. The minimum atomic E-state index is -0.0478. The standard InChI is InChI=1S/C19H23N3O2/c1-15-4-2-3-5-16(15)12-22-13-19(14-22)10-17(6-9-23-19)24-18-11-20-7-8-21-18/h2-5,7-8,11,17H,6,9-10,12-14H2,1H3. The van der Waals surface area contributed by atoms with Crippen LogP contribution in [0.1, 0.15) is 24.0 Å². The Morgan fingerprint density at radius 2 is 2.17 bits per heavy atom. The van der Waals surface area contributed by atoms with Gasteiger partial charge in [-0.3, -0.25) is 9.88 Å². The Balaban J connectivity index is 1.33. The van der Waals surface area contributed by atoms with Crippen molar-refractivity contribution in [2.24, 2.45) is 0 Å². The third-order valence-electron chi connectivity index (χ3n) is 4.95. The van der Waals surface area contributed by atoms with Crippen LogP contribution in [0.15, 0.2) is 42.9 Å². The van der Waals surface area contributed by atoms with Crippen LogP contribution in [0.4, 0.5) is 0 Å². The van der Waals surface area contributed by atoms with Gasteiger partial charge in [0, 0.05) is 44.9 Å². The Bertz CT molecular complexity index is 686. The van der Waals surface area contributed by atoms with E-state index in [1.54, 1.807) is 18.6 Å². The lowest BCUT2D eigenvalue weighted by molar-refractivity contribution is -0.188. The first kappa shape index (κ1) is 15.5. The molecule has 2 aliphatic heterocycles. The van der Waals surface area contributed by atoms with E-state index in [9.17, 15) is 0 Å². The van der Waals surface area contributed by atoms with Crippen LogP contribution in [0.5, 0.6) is 5.88 Å². The normalized spacial score (nSPS) is 23.0. The summed E-state index contributed by atoms with van der Waals surface area (Å²) in [5.74, 6) is 0.607. The maximum Gasteiger partial charge on any atom is 0.232 e. The van der Waals surface area contributed by atoms with Crippen molar-refractivity contribution < 1.29 is 9.47 Å². The highest BCUT2D eigenvalue weighted by molar-refractivity contribution is 5.26. The van der Waals surface area contributed by atoms with Crippen molar-refractivity contribution in [3.8, 4) is 5.88 Å². The molecule has 1 aromatic heterocycles. The number of rotatable bonds is 4. The number of aryl methyl sites for hydroxylation is 1. The minimum absolute atomic E-state index is 0.0478. The molecule has 1 aromatic carbocycles. The second-order valence-corrected chi connectivity index (χ2v) is 6.88. The molecule has 2 fully saturated rings. The molecule has 4 rings (SSSR count). The monoisotopic (exact) mass is 325 g/mol. The van der Waals surface area contributed by atoms with Gasteiger partial charge in [0.1, 0.15) is 6.10 Å². The fourth-order valence-electron chi connectivity index (χ4n) is 3.73. The van der Waals surface area contributed by atoms with E-state index in [2.05, 4.69) is 46.1 Å². The molecule has 2 aliphatic rings. The molecule has 0 amide bonds. The summed E-state index contributed by atoms with van der Waals surface area (Å²) in [6.07, 6.45) is 7.00. The van der Waals surface area contributed by atoms with E-state index in [1.165, 1.54) is 11.1 Å². The maximum absolute atomic E-state index is 6.11. The van der Waals surface area contributed by atoms with Crippen molar-refractivity contribution >= 4 is 0 Å². The van der Waals surface area contributed by atoms with Gasteiger partial charge in [-0.2, -0.15) is 0 Å². The Labute approximate surface area is 142 Å². The van der Waals surface area contributed by atoms with Gasteiger partial charge in [0.25, 0.3) is 0 Å². The van der Waals surface area contributed by atoms with E-state index in [4.69, 9.17) is 9.47 Å². The first-order valence-electron chi connectivity index (χ1n) is 8.56. The quantitative estimate of drug-likeness (QED) is 0.865. The van der Waals surface area contributed by atoms with Crippen molar-refractivity contribution in [1.29, 1.82) is 0 Å². The Morgan fingerprint density at radius 3 is 2.96 bits per heavy atom. The summed E-state index contributed by atoms with van der Waals surface area (Å²) < 4.78 is 12.1. The highest BCUT2D eigenvalue weighted by atomic mass is 16.5. The van der Waals surface area contributed by atoms with E-state index in [-0.39, 0.29) is 11.7 Å². The van der Waals surface area contributed by atoms with Crippen LogP contribution in [0.2, 0.25) is 0 Å². The Kier molecular flexibility index (Phi) is 4.21. The zero-order valence-electron chi connectivity index (χ0n) is 14.0. The lowest BCUT2D eigenvalue weighted by Gasteiger charge is -2.53. The largest absolute Gasteiger partial charge is 0.473 e. The van der Waals surface area contributed by atoms with E-state index in [1.807, 2.05) is 0 Å². The van der Waals surface area contributed by atoms with Gasteiger partial charge in [-0.25, -0.2) is 4.98 Å². The van der Waals surface area contributed by atoms with E-state index in [0.29, 0.717) is 5.88 Å². The fraction of sp³-hybridized carbons (Fsp3) is 0.474.